The fourth-order valence-corrected chi connectivity index (χ4v) is 1.99. The quantitative estimate of drug-likeness (QED) is 0.601. The predicted molar refractivity (Wildman–Crippen MR) is 44.9 cm³/mol. The van der Waals surface area contributed by atoms with E-state index in [0.717, 1.165) is 12.8 Å². The Balaban J connectivity index is 3.84. The highest BCUT2D eigenvalue weighted by Gasteiger charge is 2.13. The van der Waals surface area contributed by atoms with Gasteiger partial charge in [0.2, 0.25) is 0 Å². The third-order valence-electron chi connectivity index (χ3n) is 1.52. The van der Waals surface area contributed by atoms with Gasteiger partial charge in [-0.25, -0.2) is 0 Å². The second-order valence-corrected chi connectivity index (χ2v) is 4.57. The summed E-state index contributed by atoms with van der Waals surface area (Å²) in [6.07, 6.45) is 1.95. The van der Waals surface area contributed by atoms with Gasteiger partial charge in [0.05, 0.1) is 12.9 Å². The van der Waals surface area contributed by atoms with Crippen LogP contribution < -0.4 is 0 Å². The van der Waals surface area contributed by atoms with E-state index in [-0.39, 0.29) is 11.7 Å². The summed E-state index contributed by atoms with van der Waals surface area (Å²) >= 11 is 0. The zero-order chi connectivity index (χ0) is 8.91. The first-order chi connectivity index (χ1) is 5.02. The summed E-state index contributed by atoms with van der Waals surface area (Å²) < 4.78 is 26.1. The molecule has 1 unspecified atom stereocenters. The minimum Gasteiger partial charge on any atom is -0.273 e. The van der Waals surface area contributed by atoms with E-state index in [1.165, 1.54) is 7.11 Å². The number of rotatable bonds is 5. The van der Waals surface area contributed by atoms with E-state index >= 15 is 0 Å². The van der Waals surface area contributed by atoms with E-state index in [1.807, 2.05) is 13.8 Å². The second kappa shape index (κ2) is 4.72. The molecule has 0 bridgehead atoms. The molecule has 0 saturated heterocycles. The van der Waals surface area contributed by atoms with Crippen molar-refractivity contribution in [3.8, 4) is 0 Å². The van der Waals surface area contributed by atoms with Crippen LogP contribution in [0.3, 0.4) is 0 Å². The van der Waals surface area contributed by atoms with Gasteiger partial charge in [-0.15, -0.1) is 0 Å². The first-order valence-electron chi connectivity index (χ1n) is 3.80. The molecule has 0 aromatic rings. The molecular formula is C7H16O3S. The Morgan fingerprint density at radius 3 is 2.36 bits per heavy atom. The maximum Gasteiger partial charge on any atom is 0.267 e. The molecule has 68 valence electrons. The van der Waals surface area contributed by atoms with Gasteiger partial charge in [-0.3, -0.25) is 4.18 Å². The van der Waals surface area contributed by atoms with E-state index in [2.05, 4.69) is 4.18 Å². The first-order valence-corrected chi connectivity index (χ1v) is 5.38. The van der Waals surface area contributed by atoms with Crippen LogP contribution in [0.25, 0.3) is 0 Å². The molecule has 0 aromatic carbocycles. The Kier molecular flexibility index (Phi) is 4.68. The van der Waals surface area contributed by atoms with Crippen LogP contribution in [-0.2, 0) is 14.3 Å². The molecule has 11 heavy (non-hydrogen) atoms. The fraction of sp³-hybridized carbons (Fsp3) is 1.00. The van der Waals surface area contributed by atoms with Crippen LogP contribution in [-0.4, -0.2) is 21.3 Å². The second-order valence-electron chi connectivity index (χ2n) is 2.78. The van der Waals surface area contributed by atoms with Gasteiger partial charge in [0.15, 0.2) is 0 Å². The molecule has 0 heterocycles. The van der Waals surface area contributed by atoms with Crippen LogP contribution in [0, 0.1) is 5.92 Å². The highest BCUT2D eigenvalue weighted by atomic mass is 32.2. The molecule has 3 nitrogen and oxygen atoms in total. The number of hydrogen-bond donors (Lipinski definition) is 0. The van der Waals surface area contributed by atoms with E-state index in [1.54, 1.807) is 0 Å². The normalized spacial score (nSPS) is 14.8. The van der Waals surface area contributed by atoms with Gasteiger partial charge in [0.1, 0.15) is 0 Å². The highest BCUT2D eigenvalue weighted by Crippen LogP contribution is 2.08. The molecule has 0 rings (SSSR count). The predicted octanol–water partition coefficient (Wildman–Crippen LogP) is 1.40. The monoisotopic (exact) mass is 180 g/mol. The van der Waals surface area contributed by atoms with E-state index in [0.29, 0.717) is 0 Å². The van der Waals surface area contributed by atoms with Crippen molar-refractivity contribution >= 4 is 10.1 Å². The summed E-state index contributed by atoms with van der Waals surface area (Å²) in [5.41, 5.74) is 0. The maximum absolute atomic E-state index is 10.9. The van der Waals surface area contributed by atoms with E-state index in [4.69, 9.17) is 0 Å². The molecule has 0 aliphatic rings. The van der Waals surface area contributed by atoms with Crippen LogP contribution in [0.5, 0.6) is 0 Å². The van der Waals surface area contributed by atoms with E-state index < -0.39 is 10.1 Å². The molecule has 1 atom stereocenters. The molecule has 0 aliphatic carbocycles. The van der Waals surface area contributed by atoms with Gasteiger partial charge >= 0.3 is 0 Å². The SMILES string of the molecule is CCCC(C)CS(=O)(=O)OC. The summed E-state index contributed by atoms with van der Waals surface area (Å²) in [7, 11) is -2.04. The third kappa shape index (κ3) is 5.21. The Hall–Kier alpha value is -0.0900. The van der Waals surface area contributed by atoms with Crippen molar-refractivity contribution in [1.29, 1.82) is 0 Å². The Bertz CT molecular complexity index is 184. The third-order valence-corrected chi connectivity index (χ3v) is 3.01. The molecular weight excluding hydrogens is 164 g/mol. The fourth-order valence-electron chi connectivity index (χ4n) is 0.993. The topological polar surface area (TPSA) is 43.4 Å². The van der Waals surface area contributed by atoms with Gasteiger partial charge in [0, 0.05) is 0 Å². The van der Waals surface area contributed by atoms with Gasteiger partial charge in [-0.1, -0.05) is 20.3 Å². The smallest absolute Gasteiger partial charge is 0.267 e. The molecule has 0 aliphatic heterocycles. The molecule has 0 spiro atoms. The summed E-state index contributed by atoms with van der Waals surface area (Å²) in [5, 5.41) is 0. The van der Waals surface area contributed by atoms with Gasteiger partial charge < -0.3 is 0 Å². The Morgan fingerprint density at radius 1 is 1.45 bits per heavy atom. The summed E-state index contributed by atoms with van der Waals surface area (Å²) in [6, 6.07) is 0. The van der Waals surface area contributed by atoms with Crippen molar-refractivity contribution in [1.82, 2.24) is 0 Å². The maximum atomic E-state index is 10.9. The van der Waals surface area contributed by atoms with Crippen LogP contribution in [0.1, 0.15) is 26.7 Å². The minimum absolute atomic E-state index is 0.136. The first kappa shape index (κ1) is 10.9. The highest BCUT2D eigenvalue weighted by molar-refractivity contribution is 7.86. The molecule has 4 heteroatoms. The van der Waals surface area contributed by atoms with Crippen LogP contribution in [0.2, 0.25) is 0 Å². The largest absolute Gasteiger partial charge is 0.273 e. The summed E-state index contributed by atoms with van der Waals surface area (Å²) in [6.45, 7) is 3.95. The van der Waals surface area contributed by atoms with Crippen molar-refractivity contribution < 1.29 is 12.6 Å². The lowest BCUT2D eigenvalue weighted by Gasteiger charge is -2.08. The lowest BCUT2D eigenvalue weighted by atomic mass is 10.1. The molecule has 0 radical (unpaired) electrons. The molecule has 0 fully saturated rings. The average molecular weight is 180 g/mol. The Morgan fingerprint density at radius 2 is 2.00 bits per heavy atom. The standard InChI is InChI=1S/C7H16O3S/c1-4-5-7(2)6-11(8,9)10-3/h7H,4-6H2,1-3H3. The average Bonchev–Trinajstić information content (AvgIpc) is 1.87. The van der Waals surface area contributed by atoms with Gasteiger partial charge in [-0.05, 0) is 12.3 Å². The summed E-state index contributed by atoms with van der Waals surface area (Å²) in [4.78, 5) is 0. The van der Waals surface area contributed by atoms with Crippen molar-refractivity contribution in [2.24, 2.45) is 5.92 Å². The molecule has 0 N–H and O–H groups in total. The molecule has 0 saturated carbocycles. The molecule has 0 amide bonds. The summed E-state index contributed by atoms with van der Waals surface area (Å²) in [5.74, 6) is 0.335. The lowest BCUT2D eigenvalue weighted by Crippen LogP contribution is -2.14. The lowest BCUT2D eigenvalue weighted by molar-refractivity contribution is 0.388. The van der Waals surface area contributed by atoms with Crippen LogP contribution >= 0.6 is 0 Å². The molecule has 0 aromatic heterocycles. The van der Waals surface area contributed by atoms with Crippen LogP contribution in [0.4, 0.5) is 0 Å². The van der Waals surface area contributed by atoms with Crippen molar-refractivity contribution in [2.75, 3.05) is 12.9 Å². The number of hydrogen-bond acceptors (Lipinski definition) is 3. The van der Waals surface area contributed by atoms with Crippen molar-refractivity contribution in [3.63, 3.8) is 0 Å². The minimum atomic E-state index is -3.24. The zero-order valence-corrected chi connectivity index (χ0v) is 8.15. The van der Waals surface area contributed by atoms with Crippen molar-refractivity contribution in [2.45, 2.75) is 26.7 Å². The van der Waals surface area contributed by atoms with Crippen molar-refractivity contribution in [3.05, 3.63) is 0 Å². The van der Waals surface area contributed by atoms with Gasteiger partial charge in [-0.2, -0.15) is 8.42 Å². The van der Waals surface area contributed by atoms with E-state index in [9.17, 15) is 8.42 Å². The van der Waals surface area contributed by atoms with Gasteiger partial charge in [0.25, 0.3) is 10.1 Å². The Labute approximate surface area is 68.9 Å². The zero-order valence-electron chi connectivity index (χ0n) is 7.33. The van der Waals surface area contributed by atoms with Crippen LogP contribution in [0.15, 0.2) is 0 Å².